The summed E-state index contributed by atoms with van der Waals surface area (Å²) in [4.78, 5) is 11.2. The van der Waals surface area contributed by atoms with E-state index >= 15 is 0 Å². The van der Waals surface area contributed by atoms with Crippen LogP contribution >= 0.6 is 11.8 Å². The molecule has 2 aliphatic rings. The van der Waals surface area contributed by atoms with E-state index in [1.807, 2.05) is 24.3 Å². The minimum atomic E-state index is -0.473. The normalized spacial score (nSPS) is 22.0. The minimum absolute atomic E-state index is 0.0663. The molecule has 3 aromatic rings. The van der Waals surface area contributed by atoms with E-state index in [9.17, 15) is 9.50 Å². The van der Waals surface area contributed by atoms with E-state index in [4.69, 9.17) is 5.73 Å². The number of hydrogen-bond acceptors (Lipinski definition) is 11. The molecule has 0 radical (unpaired) electrons. The highest BCUT2D eigenvalue weighted by molar-refractivity contribution is 7.99. The molecule has 2 fully saturated rings. The maximum absolute atomic E-state index is 14.7. The number of benzene rings is 1. The fourth-order valence-electron chi connectivity index (χ4n) is 5.41. The summed E-state index contributed by atoms with van der Waals surface area (Å²) in [7, 11) is 0. The molecule has 2 aromatic heterocycles. The first-order chi connectivity index (χ1) is 17.9. The average molecular weight is 529 g/mol. The topological polar surface area (TPSA) is 143 Å². The van der Waals surface area contributed by atoms with Crippen molar-refractivity contribution in [1.29, 1.82) is 0 Å². The Labute approximate surface area is 219 Å². The standard InChI is InChI=1S/C24H33FN10OS/c1-24(2)11-16(10-17-7-4-8-34(17)24)28-21-20(25)13-27-22(30-21)29-15-5-3-6-18(9-15)35-23(31-32-33-35)37-19(12-26)14-36/h3,5-6,9,13,16-17,19,36H,4,7-8,10-12,14,26H2,1-2H3,(H2,27,28,29,30)/t16-,17-,19?/m1/s1. The number of nitrogens with two attached hydrogens (primary N) is 1. The monoisotopic (exact) mass is 528 g/mol. The highest BCUT2D eigenvalue weighted by atomic mass is 32.2. The maximum atomic E-state index is 14.7. The Kier molecular flexibility index (Phi) is 7.56. The smallest absolute Gasteiger partial charge is 0.229 e. The van der Waals surface area contributed by atoms with Gasteiger partial charge in [0.25, 0.3) is 0 Å². The van der Waals surface area contributed by atoms with Crippen LogP contribution in [0.1, 0.15) is 39.5 Å². The average Bonchev–Trinajstić information content (AvgIpc) is 3.54. The van der Waals surface area contributed by atoms with Crippen LogP contribution in [0, 0.1) is 5.82 Å². The first-order valence-corrected chi connectivity index (χ1v) is 13.4. The lowest BCUT2D eigenvalue weighted by Crippen LogP contribution is -2.55. The van der Waals surface area contributed by atoms with Crippen LogP contribution in [0.3, 0.4) is 0 Å². The third kappa shape index (κ3) is 5.69. The molecule has 5 rings (SSSR count). The summed E-state index contributed by atoms with van der Waals surface area (Å²) in [6.07, 6.45) is 5.49. The number of thioether (sulfide) groups is 1. The largest absolute Gasteiger partial charge is 0.395 e. The van der Waals surface area contributed by atoms with Crippen molar-refractivity contribution in [3.05, 3.63) is 36.3 Å². The number of nitrogens with one attached hydrogen (secondary N) is 2. The van der Waals surface area contributed by atoms with Crippen LogP contribution in [0.5, 0.6) is 0 Å². The van der Waals surface area contributed by atoms with Crippen molar-refractivity contribution in [3.8, 4) is 5.69 Å². The number of nitrogens with zero attached hydrogens (tertiary/aromatic N) is 7. The zero-order valence-electron chi connectivity index (χ0n) is 21.0. The molecule has 0 spiro atoms. The van der Waals surface area contributed by atoms with E-state index in [1.165, 1.54) is 30.8 Å². The lowest BCUT2D eigenvalue weighted by atomic mass is 9.84. The molecule has 1 aromatic carbocycles. The molecule has 2 saturated heterocycles. The van der Waals surface area contributed by atoms with E-state index in [-0.39, 0.29) is 35.2 Å². The van der Waals surface area contributed by atoms with E-state index < -0.39 is 5.82 Å². The Morgan fingerprint density at radius 2 is 2.22 bits per heavy atom. The van der Waals surface area contributed by atoms with Gasteiger partial charge in [-0.1, -0.05) is 17.8 Å². The van der Waals surface area contributed by atoms with Crippen molar-refractivity contribution in [2.24, 2.45) is 5.73 Å². The second-order valence-electron chi connectivity index (χ2n) is 10.2. The highest BCUT2D eigenvalue weighted by Crippen LogP contribution is 2.38. The fourth-order valence-corrected chi connectivity index (χ4v) is 6.20. The van der Waals surface area contributed by atoms with E-state index in [1.54, 1.807) is 4.68 Å². The Morgan fingerprint density at radius 3 is 3.03 bits per heavy atom. The summed E-state index contributed by atoms with van der Waals surface area (Å²) in [5.41, 5.74) is 7.17. The van der Waals surface area contributed by atoms with Gasteiger partial charge in [0, 0.05) is 35.1 Å². The van der Waals surface area contributed by atoms with Crippen molar-refractivity contribution in [1.82, 2.24) is 35.1 Å². The zero-order chi connectivity index (χ0) is 26.0. The second kappa shape index (κ2) is 10.9. The summed E-state index contributed by atoms with van der Waals surface area (Å²) in [5.74, 6) is 0.0185. The number of piperidine rings is 1. The van der Waals surface area contributed by atoms with Crippen LogP contribution in [-0.2, 0) is 0 Å². The molecule has 5 N–H and O–H groups in total. The first kappa shape index (κ1) is 25.8. The van der Waals surface area contributed by atoms with Crippen LogP contribution < -0.4 is 16.4 Å². The van der Waals surface area contributed by atoms with E-state index in [0.29, 0.717) is 29.1 Å². The lowest BCUT2D eigenvalue weighted by Gasteiger charge is -2.47. The predicted molar refractivity (Wildman–Crippen MR) is 141 cm³/mol. The van der Waals surface area contributed by atoms with Crippen molar-refractivity contribution in [3.63, 3.8) is 0 Å². The number of tetrazole rings is 1. The van der Waals surface area contributed by atoms with Crippen LogP contribution in [0.4, 0.5) is 21.8 Å². The van der Waals surface area contributed by atoms with Crippen LogP contribution in [-0.4, -0.2) is 82.8 Å². The summed E-state index contributed by atoms with van der Waals surface area (Å²) in [6, 6.07) is 8.07. The Bertz CT molecular complexity index is 1220. The zero-order valence-corrected chi connectivity index (χ0v) is 21.8. The molecule has 37 heavy (non-hydrogen) atoms. The summed E-state index contributed by atoms with van der Waals surface area (Å²) >= 11 is 1.31. The number of halogens is 1. The summed E-state index contributed by atoms with van der Waals surface area (Å²) in [5, 5.41) is 28.2. The molecule has 1 unspecified atom stereocenters. The molecular formula is C24H33FN10OS. The van der Waals surface area contributed by atoms with Crippen LogP contribution in [0.15, 0.2) is 35.6 Å². The number of aliphatic hydroxyl groups excluding tert-OH is 1. The number of fused-ring (bicyclic) bond motifs is 1. The van der Waals surface area contributed by atoms with E-state index in [0.717, 1.165) is 19.4 Å². The Balaban J connectivity index is 1.31. The molecule has 198 valence electrons. The molecule has 4 heterocycles. The molecule has 11 nitrogen and oxygen atoms in total. The number of hydrogen-bond donors (Lipinski definition) is 4. The van der Waals surface area contributed by atoms with Gasteiger partial charge < -0.3 is 21.5 Å². The first-order valence-electron chi connectivity index (χ1n) is 12.6. The Morgan fingerprint density at radius 1 is 1.35 bits per heavy atom. The molecule has 13 heteroatoms. The van der Waals surface area contributed by atoms with Crippen LogP contribution in [0.2, 0.25) is 0 Å². The van der Waals surface area contributed by atoms with Gasteiger partial charge in [-0.05, 0) is 74.7 Å². The summed E-state index contributed by atoms with van der Waals surface area (Å²) in [6.45, 7) is 5.89. The van der Waals surface area contributed by atoms with Gasteiger partial charge in [0.2, 0.25) is 11.1 Å². The minimum Gasteiger partial charge on any atom is -0.395 e. The van der Waals surface area contributed by atoms with Gasteiger partial charge in [-0.2, -0.15) is 9.67 Å². The van der Waals surface area contributed by atoms with Crippen molar-refractivity contribution in [2.75, 3.05) is 30.3 Å². The van der Waals surface area contributed by atoms with Gasteiger partial charge in [-0.25, -0.2) is 9.37 Å². The third-order valence-electron chi connectivity index (χ3n) is 7.07. The van der Waals surface area contributed by atoms with Gasteiger partial charge in [0.1, 0.15) is 0 Å². The highest BCUT2D eigenvalue weighted by Gasteiger charge is 2.43. The molecule has 0 bridgehead atoms. The summed E-state index contributed by atoms with van der Waals surface area (Å²) < 4.78 is 16.3. The molecule has 0 amide bonds. The van der Waals surface area contributed by atoms with Gasteiger partial charge >= 0.3 is 0 Å². The third-order valence-corrected chi connectivity index (χ3v) is 8.21. The number of anilines is 3. The van der Waals surface area contributed by atoms with Gasteiger partial charge in [0.15, 0.2) is 11.6 Å². The molecular weight excluding hydrogens is 495 g/mol. The molecule has 0 saturated carbocycles. The van der Waals surface area contributed by atoms with Crippen molar-refractivity contribution < 1.29 is 9.50 Å². The fraction of sp³-hybridized carbons (Fsp3) is 0.542. The van der Waals surface area contributed by atoms with Crippen molar-refractivity contribution in [2.45, 2.75) is 67.6 Å². The van der Waals surface area contributed by atoms with Gasteiger partial charge in [-0.15, -0.1) is 5.10 Å². The number of aliphatic hydroxyl groups is 1. The van der Waals surface area contributed by atoms with E-state index in [2.05, 4.69) is 54.9 Å². The second-order valence-corrected chi connectivity index (χ2v) is 11.4. The van der Waals surface area contributed by atoms with Crippen molar-refractivity contribution >= 4 is 29.2 Å². The quantitative estimate of drug-likeness (QED) is 0.304. The molecule has 0 aliphatic carbocycles. The van der Waals surface area contributed by atoms with Gasteiger partial charge in [0.05, 0.1) is 18.5 Å². The molecule has 2 aliphatic heterocycles. The Hall–Kier alpha value is -2.87. The predicted octanol–water partition coefficient (Wildman–Crippen LogP) is 2.56. The number of rotatable bonds is 9. The number of aromatic nitrogens is 6. The van der Waals surface area contributed by atoms with Crippen LogP contribution in [0.25, 0.3) is 5.69 Å². The van der Waals surface area contributed by atoms with Gasteiger partial charge in [-0.3, -0.25) is 4.90 Å². The maximum Gasteiger partial charge on any atom is 0.229 e. The molecule has 3 atom stereocenters. The SMILES string of the molecule is CC1(C)C[C@H](Nc2nc(Nc3cccc(-n4nnnc4SC(CN)CO)c3)ncc2F)C[C@H]2CCCN21. The lowest BCUT2D eigenvalue weighted by molar-refractivity contribution is 0.0500.